The third-order valence-corrected chi connectivity index (χ3v) is 7.32. The van der Waals surface area contributed by atoms with Gasteiger partial charge in [-0.05, 0) is 63.8 Å². The fourth-order valence-electron chi connectivity index (χ4n) is 5.46. The minimum atomic E-state index is 0.324. The Balaban J connectivity index is 1.62. The van der Waals surface area contributed by atoms with E-state index in [0.29, 0.717) is 29.2 Å². The molecule has 4 rings (SSSR count). The standard InChI is InChI=1S/C19H30ClN3O/c1-11(2)18-21-19(24-22-18)17-15(12-4-6-13(20)7-5-12)10-14-8-9-16(17)23(14)3/h11-17H,4-10H2,1-3H3. The number of hydrogen-bond acceptors (Lipinski definition) is 4. The van der Waals surface area contributed by atoms with Crippen molar-refractivity contribution in [2.24, 2.45) is 11.8 Å². The van der Waals surface area contributed by atoms with Crippen molar-refractivity contribution >= 4 is 11.6 Å². The summed E-state index contributed by atoms with van der Waals surface area (Å²) in [5, 5.41) is 4.65. The van der Waals surface area contributed by atoms with E-state index in [1.807, 2.05) is 0 Å². The predicted octanol–water partition coefficient (Wildman–Crippen LogP) is 4.56. The summed E-state index contributed by atoms with van der Waals surface area (Å²) < 4.78 is 5.79. The van der Waals surface area contributed by atoms with Crippen molar-refractivity contribution in [1.82, 2.24) is 15.0 Å². The molecule has 4 atom stereocenters. The predicted molar refractivity (Wildman–Crippen MR) is 95.4 cm³/mol. The van der Waals surface area contributed by atoms with Crippen LogP contribution >= 0.6 is 11.6 Å². The molecule has 1 aromatic rings. The zero-order valence-corrected chi connectivity index (χ0v) is 15.9. The van der Waals surface area contributed by atoms with Crippen LogP contribution in [0.1, 0.15) is 82.3 Å². The molecular formula is C19H30ClN3O. The van der Waals surface area contributed by atoms with Crippen LogP contribution in [0.25, 0.3) is 0 Å². The van der Waals surface area contributed by atoms with Gasteiger partial charge in [-0.25, -0.2) is 0 Å². The number of nitrogens with zero attached hydrogens (tertiary/aromatic N) is 3. The largest absolute Gasteiger partial charge is 0.339 e. The second-order valence-electron chi connectivity index (χ2n) is 8.55. The van der Waals surface area contributed by atoms with E-state index in [2.05, 4.69) is 31.0 Å². The molecule has 4 unspecified atom stereocenters. The summed E-state index contributed by atoms with van der Waals surface area (Å²) in [7, 11) is 2.29. The first-order valence-corrected chi connectivity index (χ1v) is 10.2. The molecule has 2 saturated heterocycles. The van der Waals surface area contributed by atoms with E-state index in [0.717, 1.165) is 23.7 Å². The molecule has 3 aliphatic rings. The highest BCUT2D eigenvalue weighted by Crippen LogP contribution is 2.51. The fourth-order valence-corrected chi connectivity index (χ4v) is 5.71. The summed E-state index contributed by atoms with van der Waals surface area (Å²) in [5.74, 6) is 3.94. The van der Waals surface area contributed by atoms with Crippen LogP contribution in [0.15, 0.2) is 4.52 Å². The van der Waals surface area contributed by atoms with E-state index < -0.39 is 0 Å². The Morgan fingerprint density at radius 2 is 1.88 bits per heavy atom. The Kier molecular flexibility index (Phi) is 4.63. The molecule has 0 aromatic carbocycles. The minimum absolute atomic E-state index is 0.324. The lowest BCUT2D eigenvalue weighted by Crippen LogP contribution is -2.47. The lowest BCUT2D eigenvalue weighted by molar-refractivity contribution is 0.0497. The van der Waals surface area contributed by atoms with E-state index >= 15 is 0 Å². The number of likely N-dealkylation sites (N-methyl/N-ethyl adjacent to an activating group) is 1. The van der Waals surface area contributed by atoms with Gasteiger partial charge < -0.3 is 4.52 Å². The van der Waals surface area contributed by atoms with Crippen LogP contribution in [0.2, 0.25) is 0 Å². The summed E-state index contributed by atoms with van der Waals surface area (Å²) in [5.41, 5.74) is 0. The molecule has 3 heterocycles. The average Bonchev–Trinajstić information content (AvgIpc) is 3.12. The number of hydrogen-bond donors (Lipinski definition) is 0. The fraction of sp³-hybridized carbons (Fsp3) is 0.895. The monoisotopic (exact) mass is 351 g/mol. The second-order valence-corrected chi connectivity index (χ2v) is 9.16. The highest BCUT2D eigenvalue weighted by molar-refractivity contribution is 6.20. The van der Waals surface area contributed by atoms with E-state index in [1.54, 1.807) is 0 Å². The van der Waals surface area contributed by atoms with Crippen molar-refractivity contribution in [3.05, 3.63) is 11.7 Å². The lowest BCUT2D eigenvalue weighted by Gasteiger charge is -2.45. The number of halogens is 1. The third-order valence-electron chi connectivity index (χ3n) is 6.88. The molecule has 1 saturated carbocycles. The topological polar surface area (TPSA) is 42.2 Å². The number of alkyl halides is 1. The van der Waals surface area contributed by atoms with Crippen LogP contribution < -0.4 is 0 Å². The maximum atomic E-state index is 6.36. The summed E-state index contributed by atoms with van der Waals surface area (Å²) in [4.78, 5) is 7.40. The molecule has 4 nitrogen and oxygen atoms in total. The molecule has 5 heteroatoms. The maximum absolute atomic E-state index is 6.36. The first-order chi connectivity index (χ1) is 11.5. The van der Waals surface area contributed by atoms with Crippen molar-refractivity contribution in [2.45, 2.75) is 88.1 Å². The normalized spacial score (nSPS) is 40.4. The van der Waals surface area contributed by atoms with Crippen LogP contribution in [-0.4, -0.2) is 39.5 Å². The molecule has 2 bridgehead atoms. The first kappa shape index (κ1) is 16.8. The molecule has 1 aliphatic carbocycles. The minimum Gasteiger partial charge on any atom is -0.339 e. The summed E-state index contributed by atoms with van der Waals surface area (Å²) in [6.45, 7) is 4.26. The Morgan fingerprint density at radius 1 is 1.12 bits per heavy atom. The number of piperidine rings is 1. The Hall–Kier alpha value is -0.610. The van der Waals surface area contributed by atoms with Gasteiger partial charge in [0.15, 0.2) is 5.82 Å². The smallest absolute Gasteiger partial charge is 0.231 e. The number of aromatic nitrogens is 2. The van der Waals surface area contributed by atoms with Gasteiger partial charge >= 0.3 is 0 Å². The van der Waals surface area contributed by atoms with Gasteiger partial charge in [0.25, 0.3) is 0 Å². The van der Waals surface area contributed by atoms with Gasteiger partial charge in [-0.3, -0.25) is 4.90 Å². The Morgan fingerprint density at radius 3 is 2.54 bits per heavy atom. The zero-order chi connectivity index (χ0) is 16.8. The molecule has 2 aliphatic heterocycles. The van der Waals surface area contributed by atoms with Crippen molar-refractivity contribution in [3.8, 4) is 0 Å². The summed E-state index contributed by atoms with van der Waals surface area (Å²) in [6, 6.07) is 1.32. The van der Waals surface area contributed by atoms with Crippen molar-refractivity contribution in [2.75, 3.05) is 7.05 Å². The van der Waals surface area contributed by atoms with Crippen LogP contribution in [0.3, 0.4) is 0 Å². The Labute approximate surface area is 150 Å². The van der Waals surface area contributed by atoms with Gasteiger partial charge in [0.1, 0.15) is 0 Å². The molecule has 3 fully saturated rings. The molecule has 1 aromatic heterocycles. The van der Waals surface area contributed by atoms with Gasteiger partial charge in [0.2, 0.25) is 5.89 Å². The van der Waals surface area contributed by atoms with Gasteiger partial charge in [-0.2, -0.15) is 4.98 Å². The van der Waals surface area contributed by atoms with E-state index in [1.165, 1.54) is 44.9 Å². The lowest BCUT2D eigenvalue weighted by atomic mass is 9.68. The quantitative estimate of drug-likeness (QED) is 0.749. The van der Waals surface area contributed by atoms with Gasteiger partial charge in [-0.15, -0.1) is 11.6 Å². The SMILES string of the molecule is CC(C)c1noc(C2C(C3CCC(Cl)CC3)CC3CCC2N3C)n1. The second kappa shape index (κ2) is 6.60. The van der Waals surface area contributed by atoms with Crippen LogP contribution in [0, 0.1) is 11.8 Å². The first-order valence-electron chi connectivity index (χ1n) is 9.74. The van der Waals surface area contributed by atoms with Crippen LogP contribution in [-0.2, 0) is 0 Å². The molecule has 134 valence electrons. The van der Waals surface area contributed by atoms with E-state index in [9.17, 15) is 0 Å². The van der Waals surface area contributed by atoms with Gasteiger partial charge in [0, 0.05) is 23.4 Å². The van der Waals surface area contributed by atoms with Gasteiger partial charge in [0.05, 0.1) is 5.92 Å². The molecule has 0 amide bonds. The van der Waals surface area contributed by atoms with Crippen LogP contribution in [0.5, 0.6) is 0 Å². The highest BCUT2D eigenvalue weighted by Gasteiger charge is 2.50. The van der Waals surface area contributed by atoms with E-state index in [-0.39, 0.29) is 0 Å². The molecule has 24 heavy (non-hydrogen) atoms. The molecule has 0 N–H and O–H groups in total. The van der Waals surface area contributed by atoms with Crippen molar-refractivity contribution in [3.63, 3.8) is 0 Å². The molecular weight excluding hydrogens is 322 g/mol. The van der Waals surface area contributed by atoms with Crippen molar-refractivity contribution < 1.29 is 4.52 Å². The molecule has 0 spiro atoms. The third kappa shape index (κ3) is 2.90. The van der Waals surface area contributed by atoms with Gasteiger partial charge in [-0.1, -0.05) is 19.0 Å². The highest BCUT2D eigenvalue weighted by atomic mass is 35.5. The average molecular weight is 352 g/mol. The Bertz CT molecular complexity index is 567. The maximum Gasteiger partial charge on any atom is 0.231 e. The number of fused-ring (bicyclic) bond motifs is 2. The summed E-state index contributed by atoms with van der Waals surface area (Å²) >= 11 is 6.36. The zero-order valence-electron chi connectivity index (χ0n) is 15.1. The molecule has 0 radical (unpaired) electrons. The van der Waals surface area contributed by atoms with E-state index in [4.69, 9.17) is 21.1 Å². The number of rotatable bonds is 3. The van der Waals surface area contributed by atoms with Crippen molar-refractivity contribution in [1.29, 1.82) is 0 Å². The van der Waals surface area contributed by atoms with Crippen LogP contribution in [0.4, 0.5) is 0 Å². The summed E-state index contributed by atoms with van der Waals surface area (Å²) in [6.07, 6.45) is 8.75.